The van der Waals surface area contributed by atoms with Crippen molar-refractivity contribution in [2.45, 2.75) is 65.0 Å². The molecule has 31 heavy (non-hydrogen) atoms. The summed E-state index contributed by atoms with van der Waals surface area (Å²) < 4.78 is 36.2. The first-order valence-corrected chi connectivity index (χ1v) is 13.2. The van der Waals surface area contributed by atoms with Gasteiger partial charge in [-0.3, -0.25) is 0 Å². The van der Waals surface area contributed by atoms with Crippen molar-refractivity contribution < 1.29 is 22.7 Å². The number of likely N-dealkylation sites (tertiary alicyclic amines) is 1. The number of hydrogen-bond donors (Lipinski definition) is 0. The predicted octanol–water partition coefficient (Wildman–Crippen LogP) is 3.81. The third-order valence-corrected chi connectivity index (χ3v) is 7.36. The van der Waals surface area contributed by atoms with E-state index in [2.05, 4.69) is 6.07 Å². The van der Waals surface area contributed by atoms with Crippen LogP contribution in [0.25, 0.3) is 0 Å². The highest BCUT2D eigenvalue weighted by molar-refractivity contribution is 7.88. The molecule has 3 rings (SSSR count). The normalized spacial score (nSPS) is 18.1. The van der Waals surface area contributed by atoms with Crippen LogP contribution in [-0.4, -0.2) is 62.3 Å². The molecule has 0 saturated carbocycles. The summed E-state index contributed by atoms with van der Waals surface area (Å²) in [5.41, 5.74) is 2.24. The summed E-state index contributed by atoms with van der Waals surface area (Å²) in [4.78, 5) is 13.8. The number of fused-ring (bicyclic) bond motifs is 1. The Morgan fingerprint density at radius 1 is 1.13 bits per heavy atom. The van der Waals surface area contributed by atoms with Crippen molar-refractivity contribution in [3.63, 3.8) is 0 Å². The lowest BCUT2D eigenvalue weighted by molar-refractivity contribution is 0.0645. The number of nitrogens with zero attached hydrogens (tertiary/aromatic N) is 2. The van der Waals surface area contributed by atoms with Crippen LogP contribution >= 0.6 is 0 Å². The number of sulfonamides is 1. The Morgan fingerprint density at radius 3 is 2.55 bits per heavy atom. The lowest BCUT2D eigenvalue weighted by atomic mass is 9.92. The third-order valence-electron chi connectivity index (χ3n) is 6.11. The zero-order valence-corrected chi connectivity index (χ0v) is 19.8. The molecule has 1 amide bonds. The quantitative estimate of drug-likeness (QED) is 0.561. The van der Waals surface area contributed by atoms with E-state index in [1.54, 1.807) is 0 Å². The molecule has 0 N–H and O–H groups in total. The predicted molar refractivity (Wildman–Crippen MR) is 121 cm³/mol. The molecule has 0 unspecified atom stereocenters. The number of rotatable bonds is 8. The molecule has 0 aromatic heterocycles. The fraction of sp³-hybridized carbons (Fsp3) is 0.696. The summed E-state index contributed by atoms with van der Waals surface area (Å²) in [5.74, 6) is 1.54. The van der Waals surface area contributed by atoms with Gasteiger partial charge in [-0.05, 0) is 75.1 Å². The van der Waals surface area contributed by atoms with Crippen LogP contribution in [0.15, 0.2) is 18.2 Å². The highest BCUT2D eigenvalue weighted by Gasteiger charge is 2.24. The van der Waals surface area contributed by atoms with Crippen molar-refractivity contribution in [2.75, 3.05) is 32.5 Å². The molecule has 0 spiro atoms. The van der Waals surface area contributed by atoms with Crippen LogP contribution in [-0.2, 0) is 27.7 Å². The fourth-order valence-corrected chi connectivity index (χ4v) is 5.08. The molecule has 1 aromatic carbocycles. The summed E-state index contributed by atoms with van der Waals surface area (Å²) in [6, 6.07) is 5.98. The molecule has 0 radical (unpaired) electrons. The summed E-state index contributed by atoms with van der Waals surface area (Å²) >= 11 is 0. The molecule has 2 aliphatic rings. The average molecular weight is 453 g/mol. The van der Waals surface area contributed by atoms with Crippen LogP contribution in [0, 0.1) is 5.92 Å². The molecule has 1 saturated heterocycles. The molecular formula is C23H36N2O5S. The van der Waals surface area contributed by atoms with Crippen LogP contribution in [0.4, 0.5) is 4.79 Å². The first kappa shape index (κ1) is 23.9. The first-order chi connectivity index (χ1) is 14.7. The van der Waals surface area contributed by atoms with Crippen LogP contribution < -0.4 is 4.74 Å². The van der Waals surface area contributed by atoms with Crippen LogP contribution in [0.3, 0.4) is 0 Å². The van der Waals surface area contributed by atoms with E-state index in [0.29, 0.717) is 25.6 Å². The SMILES string of the molecule is CC(C)OC(=O)N1CCC(CCCCOc2ccc3c(c2)CCN(S(C)(=O)=O)C3)CC1. The van der Waals surface area contributed by atoms with E-state index in [9.17, 15) is 13.2 Å². The second-order valence-corrected chi connectivity index (χ2v) is 11.0. The zero-order valence-electron chi connectivity index (χ0n) is 19.0. The Balaban J connectivity index is 1.33. The topological polar surface area (TPSA) is 76.2 Å². The van der Waals surface area contributed by atoms with E-state index in [0.717, 1.165) is 56.5 Å². The van der Waals surface area contributed by atoms with Crippen LogP contribution in [0.2, 0.25) is 0 Å². The van der Waals surface area contributed by atoms with Crippen molar-refractivity contribution >= 4 is 16.1 Å². The second-order valence-electron chi connectivity index (χ2n) is 8.98. The Bertz CT molecular complexity index is 848. The van der Waals surface area contributed by atoms with E-state index in [1.807, 2.05) is 30.9 Å². The van der Waals surface area contributed by atoms with Gasteiger partial charge in [0.25, 0.3) is 0 Å². The van der Waals surface area contributed by atoms with Crippen molar-refractivity contribution in [2.24, 2.45) is 5.92 Å². The minimum Gasteiger partial charge on any atom is -0.494 e. The van der Waals surface area contributed by atoms with Crippen molar-refractivity contribution in [1.29, 1.82) is 0 Å². The smallest absolute Gasteiger partial charge is 0.410 e. The van der Waals surface area contributed by atoms with E-state index >= 15 is 0 Å². The molecule has 2 aliphatic heterocycles. The minimum absolute atomic E-state index is 0.0671. The number of carbonyl (C=O) groups is 1. The van der Waals surface area contributed by atoms with Gasteiger partial charge in [0.15, 0.2) is 0 Å². The minimum atomic E-state index is -3.14. The van der Waals surface area contributed by atoms with Crippen molar-refractivity contribution in [3.8, 4) is 5.75 Å². The van der Waals surface area contributed by atoms with E-state index in [4.69, 9.17) is 9.47 Å². The molecule has 0 aliphatic carbocycles. The standard InChI is InChI=1S/C23H36N2O5S/c1-18(2)30-23(26)24-12-9-19(10-13-24)6-4-5-15-29-22-8-7-21-17-25(31(3,27)28)14-11-20(21)16-22/h7-8,16,18-19H,4-6,9-15,17H2,1-3H3. The largest absolute Gasteiger partial charge is 0.494 e. The van der Waals surface area contributed by atoms with Crippen LogP contribution in [0.1, 0.15) is 57.1 Å². The van der Waals surface area contributed by atoms with Gasteiger partial charge in [0.1, 0.15) is 5.75 Å². The molecule has 0 atom stereocenters. The summed E-state index contributed by atoms with van der Waals surface area (Å²) in [6.07, 6.45) is 7.12. The molecular weight excluding hydrogens is 416 g/mol. The lowest BCUT2D eigenvalue weighted by Gasteiger charge is -2.31. The molecule has 174 valence electrons. The van der Waals surface area contributed by atoms with Gasteiger partial charge in [-0.15, -0.1) is 0 Å². The first-order valence-electron chi connectivity index (χ1n) is 11.4. The number of benzene rings is 1. The second kappa shape index (κ2) is 10.7. The average Bonchev–Trinajstić information content (AvgIpc) is 2.72. The van der Waals surface area contributed by atoms with Gasteiger partial charge in [0, 0.05) is 26.2 Å². The van der Waals surface area contributed by atoms with Crippen molar-refractivity contribution in [3.05, 3.63) is 29.3 Å². The van der Waals surface area contributed by atoms with Gasteiger partial charge < -0.3 is 14.4 Å². The number of ether oxygens (including phenoxy) is 2. The molecule has 7 nitrogen and oxygen atoms in total. The van der Waals surface area contributed by atoms with Gasteiger partial charge in [0.2, 0.25) is 10.0 Å². The van der Waals surface area contributed by atoms with Crippen molar-refractivity contribution in [1.82, 2.24) is 9.21 Å². The fourth-order valence-electron chi connectivity index (χ4n) is 4.28. The summed E-state index contributed by atoms with van der Waals surface area (Å²) in [5, 5.41) is 0. The Kier molecular flexibility index (Phi) is 8.22. The Morgan fingerprint density at radius 2 is 1.87 bits per heavy atom. The maximum absolute atomic E-state index is 12.0. The Hall–Kier alpha value is -1.80. The van der Waals surface area contributed by atoms with E-state index in [-0.39, 0.29) is 12.2 Å². The summed E-state index contributed by atoms with van der Waals surface area (Å²) in [6.45, 7) is 7.00. The van der Waals surface area contributed by atoms with Gasteiger partial charge in [0.05, 0.1) is 19.0 Å². The van der Waals surface area contributed by atoms with E-state index in [1.165, 1.54) is 22.5 Å². The third kappa shape index (κ3) is 7.10. The number of unbranched alkanes of at least 4 members (excludes halogenated alkanes) is 1. The van der Waals surface area contributed by atoms with Crippen LogP contribution in [0.5, 0.6) is 5.75 Å². The molecule has 1 aromatic rings. The van der Waals surface area contributed by atoms with Gasteiger partial charge in [-0.2, -0.15) is 4.31 Å². The van der Waals surface area contributed by atoms with Gasteiger partial charge in [-0.25, -0.2) is 13.2 Å². The highest BCUT2D eigenvalue weighted by Crippen LogP contribution is 2.26. The van der Waals surface area contributed by atoms with Gasteiger partial charge >= 0.3 is 6.09 Å². The molecule has 1 fully saturated rings. The number of piperidine rings is 1. The highest BCUT2D eigenvalue weighted by atomic mass is 32.2. The Labute approximate surface area is 186 Å². The monoisotopic (exact) mass is 452 g/mol. The maximum Gasteiger partial charge on any atom is 0.410 e. The zero-order chi connectivity index (χ0) is 22.4. The number of carbonyl (C=O) groups excluding carboxylic acids is 1. The molecule has 2 heterocycles. The number of hydrogen-bond acceptors (Lipinski definition) is 5. The molecule has 8 heteroatoms. The summed E-state index contributed by atoms with van der Waals surface area (Å²) in [7, 11) is -3.14. The lowest BCUT2D eigenvalue weighted by Crippen LogP contribution is -2.39. The van der Waals surface area contributed by atoms with E-state index < -0.39 is 10.0 Å². The van der Waals surface area contributed by atoms with Gasteiger partial charge in [-0.1, -0.05) is 12.5 Å². The maximum atomic E-state index is 12.0. The molecule has 0 bridgehead atoms. The number of amides is 1.